The summed E-state index contributed by atoms with van der Waals surface area (Å²) in [7, 11) is -9.91. The lowest BCUT2D eigenvalue weighted by Gasteiger charge is -2.21. The molecule has 0 heterocycles. The zero-order valence-electron chi connectivity index (χ0n) is 62.7. The first-order valence-corrected chi connectivity index (χ1v) is 43.0. The Morgan fingerprint density at radius 3 is 0.792 bits per heavy atom. The average molecular weight is 1410 g/mol. The highest BCUT2D eigenvalue weighted by Gasteiger charge is 2.30. The predicted octanol–water partition coefficient (Wildman–Crippen LogP) is 22.7. The van der Waals surface area contributed by atoms with Crippen molar-refractivity contribution in [1.29, 1.82) is 0 Å². The van der Waals surface area contributed by atoms with Crippen molar-refractivity contribution in [2.24, 2.45) is 11.8 Å². The van der Waals surface area contributed by atoms with Crippen LogP contribution in [0, 0.1) is 11.8 Å². The number of hydrogen-bond donors (Lipinski definition) is 3. The fourth-order valence-electron chi connectivity index (χ4n) is 11.8. The molecule has 0 spiro atoms. The first-order valence-electron chi connectivity index (χ1n) is 40.0. The smallest absolute Gasteiger partial charge is 0.462 e. The molecule has 0 saturated heterocycles. The van der Waals surface area contributed by atoms with Crippen molar-refractivity contribution in [1.82, 2.24) is 0 Å². The van der Waals surface area contributed by atoms with E-state index in [-0.39, 0.29) is 25.7 Å². The first-order chi connectivity index (χ1) is 46.4. The summed E-state index contributed by atoms with van der Waals surface area (Å²) < 4.78 is 68.6. The van der Waals surface area contributed by atoms with Crippen LogP contribution in [0.2, 0.25) is 0 Å². The van der Waals surface area contributed by atoms with Gasteiger partial charge in [-0.1, -0.05) is 350 Å². The van der Waals surface area contributed by atoms with Gasteiger partial charge < -0.3 is 33.8 Å². The molecule has 96 heavy (non-hydrogen) atoms. The van der Waals surface area contributed by atoms with Crippen LogP contribution in [0.25, 0.3) is 0 Å². The molecule has 0 rings (SSSR count). The van der Waals surface area contributed by atoms with Crippen LogP contribution in [0.15, 0.2) is 0 Å². The number of rotatable bonds is 76. The van der Waals surface area contributed by atoms with Gasteiger partial charge in [0.25, 0.3) is 0 Å². The average Bonchev–Trinajstić information content (AvgIpc) is 1.19. The second-order valence-electron chi connectivity index (χ2n) is 28.5. The van der Waals surface area contributed by atoms with E-state index >= 15 is 0 Å². The van der Waals surface area contributed by atoms with E-state index in [1.165, 1.54) is 218 Å². The van der Waals surface area contributed by atoms with E-state index in [2.05, 4.69) is 41.5 Å². The van der Waals surface area contributed by atoms with E-state index < -0.39 is 97.5 Å². The maximum absolute atomic E-state index is 13.1. The Hall–Kier alpha value is -1.94. The minimum Gasteiger partial charge on any atom is -0.462 e. The lowest BCUT2D eigenvalue weighted by atomic mass is 9.99. The summed E-state index contributed by atoms with van der Waals surface area (Å²) in [5.41, 5.74) is 0. The highest BCUT2D eigenvalue weighted by Crippen LogP contribution is 2.45. The van der Waals surface area contributed by atoms with Gasteiger partial charge in [0.05, 0.1) is 26.4 Å². The molecule has 6 atom stereocenters. The van der Waals surface area contributed by atoms with Crippen LogP contribution in [0.5, 0.6) is 0 Å². The molecule has 19 heteroatoms. The summed E-state index contributed by atoms with van der Waals surface area (Å²) in [4.78, 5) is 72.9. The zero-order valence-corrected chi connectivity index (χ0v) is 64.5. The third-order valence-electron chi connectivity index (χ3n) is 18.3. The third-order valence-corrected chi connectivity index (χ3v) is 20.2. The Kier molecular flexibility index (Phi) is 67.4. The highest BCUT2D eigenvalue weighted by atomic mass is 31.2. The number of aliphatic hydroxyl groups excluding tert-OH is 1. The number of unbranched alkanes of at least 4 members (excludes halogenated alkanes) is 45. The number of esters is 4. The normalized spacial score (nSPS) is 14.3. The number of hydrogen-bond acceptors (Lipinski definition) is 15. The summed E-state index contributed by atoms with van der Waals surface area (Å²) in [6.07, 6.45) is 56.7. The molecule has 0 aliphatic heterocycles. The van der Waals surface area contributed by atoms with E-state index in [0.29, 0.717) is 25.7 Å². The number of phosphoric acid groups is 2. The molecule has 0 aromatic rings. The Balaban J connectivity index is 5.25. The summed E-state index contributed by atoms with van der Waals surface area (Å²) in [6.45, 7) is 9.64. The fourth-order valence-corrected chi connectivity index (χ4v) is 13.4. The topological polar surface area (TPSA) is 237 Å². The molecule has 0 aliphatic rings. The monoisotopic (exact) mass is 1410 g/mol. The van der Waals surface area contributed by atoms with Gasteiger partial charge in [-0.2, -0.15) is 0 Å². The van der Waals surface area contributed by atoms with Crippen molar-refractivity contribution in [2.75, 3.05) is 39.6 Å². The molecule has 0 saturated carbocycles. The molecule has 0 aromatic heterocycles. The molecule has 0 amide bonds. The SMILES string of the molecule is CCCCCCCCCCCCCCCCCCCC(=O)O[C@H](COC(=O)CCCCCCCCCCCCCCC(C)C)COP(=O)(O)OC[C@@H](O)COP(=O)(O)OC[C@@H](COC(=O)CCCCCCCCCCCC)OC(=O)CCCCCCCCCCCCC(C)CC. The van der Waals surface area contributed by atoms with Crippen molar-refractivity contribution in [3.63, 3.8) is 0 Å². The Morgan fingerprint density at radius 1 is 0.302 bits per heavy atom. The highest BCUT2D eigenvalue weighted by molar-refractivity contribution is 7.47. The summed E-state index contributed by atoms with van der Waals surface area (Å²) >= 11 is 0. The van der Waals surface area contributed by atoms with Crippen LogP contribution < -0.4 is 0 Å². The standard InChI is InChI=1S/C77H150O17P2/c1-7-10-12-14-16-18-20-21-22-23-24-25-30-37-43-49-55-61-76(81)93-73(66-88-75(80)60-54-48-42-36-29-27-26-28-33-39-45-51-57-69(4)5)68-92-96(85,86)90-64-71(78)63-89-95(83,84)91-67-72(65-87-74(79)59-53-47-41-35-19-17-15-13-11-8-2)94-77(82)62-56-50-44-38-32-31-34-40-46-52-58-70(6)9-3/h69-73,78H,7-68H2,1-6H3,(H,83,84)(H,85,86)/t70?,71-,72+,73+/m0/s1. The van der Waals surface area contributed by atoms with Gasteiger partial charge in [-0.25, -0.2) is 9.13 Å². The van der Waals surface area contributed by atoms with Crippen LogP contribution in [-0.4, -0.2) is 96.7 Å². The molecular formula is C77H150O17P2. The van der Waals surface area contributed by atoms with Crippen LogP contribution in [0.3, 0.4) is 0 Å². The number of phosphoric ester groups is 2. The van der Waals surface area contributed by atoms with Crippen molar-refractivity contribution in [2.45, 2.75) is 419 Å². The number of ether oxygens (including phenoxy) is 4. The van der Waals surface area contributed by atoms with E-state index in [1.807, 2.05) is 0 Å². The predicted molar refractivity (Wildman–Crippen MR) is 391 cm³/mol. The first kappa shape index (κ1) is 94.1. The van der Waals surface area contributed by atoms with Crippen LogP contribution in [0.1, 0.15) is 401 Å². The minimum atomic E-state index is -4.96. The molecule has 570 valence electrons. The summed E-state index contributed by atoms with van der Waals surface area (Å²) in [5, 5.41) is 10.6. The maximum Gasteiger partial charge on any atom is 0.472 e. The largest absolute Gasteiger partial charge is 0.472 e. The van der Waals surface area contributed by atoms with Gasteiger partial charge in [-0.05, 0) is 37.5 Å². The second kappa shape index (κ2) is 68.8. The maximum atomic E-state index is 13.1. The van der Waals surface area contributed by atoms with Crippen molar-refractivity contribution < 1.29 is 80.2 Å². The van der Waals surface area contributed by atoms with Gasteiger partial charge in [-0.3, -0.25) is 37.3 Å². The van der Waals surface area contributed by atoms with Gasteiger partial charge in [0.1, 0.15) is 19.3 Å². The summed E-state index contributed by atoms with van der Waals surface area (Å²) in [6, 6.07) is 0. The van der Waals surface area contributed by atoms with Crippen LogP contribution in [-0.2, 0) is 65.4 Å². The third kappa shape index (κ3) is 69.2. The van der Waals surface area contributed by atoms with E-state index in [1.54, 1.807) is 0 Å². The Bertz CT molecular complexity index is 1860. The molecule has 17 nitrogen and oxygen atoms in total. The quantitative estimate of drug-likeness (QED) is 0.0222. The molecule has 0 aliphatic carbocycles. The van der Waals surface area contributed by atoms with Crippen LogP contribution >= 0.6 is 15.6 Å². The van der Waals surface area contributed by atoms with Gasteiger partial charge in [0.15, 0.2) is 12.2 Å². The molecule has 0 radical (unpaired) electrons. The Morgan fingerprint density at radius 2 is 0.531 bits per heavy atom. The molecule has 3 unspecified atom stereocenters. The zero-order chi connectivity index (χ0) is 70.7. The van der Waals surface area contributed by atoms with E-state index in [9.17, 15) is 43.2 Å². The molecule has 3 N–H and O–H groups in total. The van der Waals surface area contributed by atoms with Gasteiger partial charge >= 0.3 is 39.5 Å². The fraction of sp³-hybridized carbons (Fsp3) is 0.948. The number of carbonyl (C=O) groups excluding carboxylic acids is 4. The van der Waals surface area contributed by atoms with Crippen molar-refractivity contribution >= 4 is 39.5 Å². The molecule has 0 fully saturated rings. The van der Waals surface area contributed by atoms with E-state index in [4.69, 9.17) is 37.0 Å². The number of carbonyl (C=O) groups is 4. The van der Waals surface area contributed by atoms with E-state index in [0.717, 1.165) is 102 Å². The van der Waals surface area contributed by atoms with Gasteiger partial charge in [0, 0.05) is 25.7 Å². The number of aliphatic hydroxyl groups is 1. The lowest BCUT2D eigenvalue weighted by Crippen LogP contribution is -2.30. The molecule has 0 aromatic carbocycles. The Labute approximate surface area is 588 Å². The molecule has 0 bridgehead atoms. The molecular weight excluding hydrogens is 1260 g/mol. The van der Waals surface area contributed by atoms with Crippen molar-refractivity contribution in [3.8, 4) is 0 Å². The minimum absolute atomic E-state index is 0.106. The van der Waals surface area contributed by atoms with Gasteiger partial charge in [-0.15, -0.1) is 0 Å². The lowest BCUT2D eigenvalue weighted by molar-refractivity contribution is -0.161. The van der Waals surface area contributed by atoms with Crippen LogP contribution in [0.4, 0.5) is 0 Å². The van der Waals surface area contributed by atoms with Gasteiger partial charge in [0.2, 0.25) is 0 Å². The second-order valence-corrected chi connectivity index (χ2v) is 31.4. The van der Waals surface area contributed by atoms with Crippen molar-refractivity contribution in [3.05, 3.63) is 0 Å². The summed E-state index contributed by atoms with van der Waals surface area (Å²) in [5.74, 6) is -0.528.